The Hall–Kier alpha value is -2.10. The van der Waals surface area contributed by atoms with Crippen LogP contribution in [0.15, 0.2) is 66.7 Å². The second-order valence-corrected chi connectivity index (χ2v) is 7.62. The van der Waals surface area contributed by atoms with Crippen molar-refractivity contribution in [1.29, 1.82) is 0 Å². The Bertz CT molecular complexity index is 1130. The normalized spacial score (nSPS) is 12.1. The number of para-hydroxylation sites is 1. The van der Waals surface area contributed by atoms with E-state index in [4.69, 9.17) is 11.6 Å². The Morgan fingerprint density at radius 2 is 1.58 bits per heavy atom. The van der Waals surface area contributed by atoms with Crippen molar-refractivity contribution in [2.45, 2.75) is 0 Å². The molecule has 0 bridgehead atoms. The maximum absolute atomic E-state index is 11.6. The summed E-state index contributed by atoms with van der Waals surface area (Å²) in [6.45, 7) is 0. The molecule has 24 heavy (non-hydrogen) atoms. The Balaban J connectivity index is 2.12. The maximum atomic E-state index is 11.6. The van der Waals surface area contributed by atoms with Crippen LogP contribution in [0.5, 0.6) is 0 Å². The zero-order chi connectivity index (χ0) is 16.9. The molecule has 4 aromatic rings. The lowest BCUT2D eigenvalue weighted by atomic mass is 10.2. The van der Waals surface area contributed by atoms with Crippen LogP contribution in [-0.2, 0) is 4.57 Å². The molecule has 0 fully saturated rings. The molecule has 0 saturated carbocycles. The monoisotopic (exact) mass is 357 g/mol. The van der Waals surface area contributed by atoms with Crippen LogP contribution < -0.4 is 5.30 Å². The summed E-state index contributed by atoms with van der Waals surface area (Å²) in [4.78, 5) is 18.9. The highest BCUT2D eigenvalue weighted by molar-refractivity contribution is 7.60. The van der Waals surface area contributed by atoms with E-state index in [2.05, 4.69) is 0 Å². The Morgan fingerprint density at radius 3 is 2.38 bits per heavy atom. The van der Waals surface area contributed by atoms with E-state index in [-0.39, 0.29) is 5.30 Å². The van der Waals surface area contributed by atoms with Crippen LogP contribution in [0, 0.1) is 0 Å². The van der Waals surface area contributed by atoms with Gasteiger partial charge >= 0.3 is 7.60 Å². The first kappa shape index (κ1) is 15.4. The van der Waals surface area contributed by atoms with Crippen molar-refractivity contribution in [3.8, 4) is 5.69 Å². The van der Waals surface area contributed by atoms with E-state index in [1.165, 1.54) is 12.1 Å². The minimum absolute atomic E-state index is 0.00652. The zero-order valence-electron chi connectivity index (χ0n) is 12.4. The van der Waals surface area contributed by atoms with E-state index in [0.717, 1.165) is 21.8 Å². The molecule has 0 radical (unpaired) electrons. The van der Waals surface area contributed by atoms with Crippen molar-refractivity contribution in [2.75, 3.05) is 0 Å². The van der Waals surface area contributed by atoms with Gasteiger partial charge in [0.1, 0.15) is 0 Å². The van der Waals surface area contributed by atoms with Crippen molar-refractivity contribution in [3.05, 3.63) is 71.8 Å². The van der Waals surface area contributed by atoms with Gasteiger partial charge in [0, 0.05) is 21.5 Å². The van der Waals surface area contributed by atoms with Crippen LogP contribution in [0.2, 0.25) is 5.02 Å². The van der Waals surface area contributed by atoms with E-state index >= 15 is 0 Å². The van der Waals surface area contributed by atoms with Crippen LogP contribution in [0.4, 0.5) is 0 Å². The van der Waals surface area contributed by atoms with Crippen molar-refractivity contribution < 1.29 is 14.4 Å². The van der Waals surface area contributed by atoms with Crippen molar-refractivity contribution >= 4 is 46.3 Å². The fourth-order valence-corrected chi connectivity index (χ4v) is 3.78. The highest BCUT2D eigenvalue weighted by Crippen LogP contribution is 2.36. The van der Waals surface area contributed by atoms with Gasteiger partial charge in [-0.15, -0.1) is 0 Å². The van der Waals surface area contributed by atoms with E-state index in [9.17, 15) is 14.4 Å². The quantitative estimate of drug-likeness (QED) is 0.527. The second-order valence-electron chi connectivity index (χ2n) is 5.58. The molecule has 0 aliphatic rings. The predicted octanol–water partition coefficient (Wildman–Crippen LogP) is 4.24. The number of fused-ring (bicyclic) bond motifs is 3. The summed E-state index contributed by atoms with van der Waals surface area (Å²) in [5, 5.41) is 2.70. The number of nitrogens with zero attached hydrogens (tertiary/aromatic N) is 1. The lowest BCUT2D eigenvalue weighted by Gasteiger charge is -2.10. The first-order valence-corrected chi connectivity index (χ1v) is 9.29. The van der Waals surface area contributed by atoms with Crippen molar-refractivity contribution in [3.63, 3.8) is 0 Å². The summed E-state index contributed by atoms with van der Waals surface area (Å²) in [6.07, 6.45) is 0. The molecule has 0 aliphatic carbocycles. The highest BCUT2D eigenvalue weighted by atomic mass is 35.5. The SMILES string of the molecule is O=P(O)(O)c1cccc(-n2c3ccccc3c3ccc(Cl)cc32)c1. The predicted molar refractivity (Wildman–Crippen MR) is 97.5 cm³/mol. The minimum atomic E-state index is -4.32. The van der Waals surface area contributed by atoms with E-state index in [0.29, 0.717) is 10.7 Å². The summed E-state index contributed by atoms with van der Waals surface area (Å²) >= 11 is 6.17. The molecule has 4 rings (SSSR count). The van der Waals surface area contributed by atoms with Gasteiger partial charge in [-0.25, -0.2) is 0 Å². The van der Waals surface area contributed by atoms with Gasteiger partial charge < -0.3 is 14.4 Å². The standard InChI is InChI=1S/C18H13ClNO3P/c19-12-8-9-16-15-6-1-2-7-17(15)20(18(16)10-12)13-4-3-5-14(11-13)24(21,22)23/h1-11H,(H2,21,22,23). The Kier molecular flexibility index (Phi) is 3.52. The first-order chi connectivity index (χ1) is 11.4. The molecule has 6 heteroatoms. The third kappa shape index (κ3) is 2.45. The van der Waals surface area contributed by atoms with Crippen molar-refractivity contribution in [1.82, 2.24) is 4.57 Å². The van der Waals surface area contributed by atoms with Crippen LogP contribution in [0.1, 0.15) is 0 Å². The number of aromatic nitrogens is 1. The molecular formula is C18H13ClNO3P. The van der Waals surface area contributed by atoms with Gasteiger partial charge in [-0.3, -0.25) is 4.57 Å². The lowest BCUT2D eigenvalue weighted by molar-refractivity contribution is 0.387. The molecule has 0 amide bonds. The zero-order valence-corrected chi connectivity index (χ0v) is 14.1. The molecule has 120 valence electrons. The number of halogens is 1. The van der Waals surface area contributed by atoms with Gasteiger partial charge in [0.05, 0.1) is 16.3 Å². The molecule has 3 aromatic carbocycles. The molecule has 4 nitrogen and oxygen atoms in total. The Morgan fingerprint density at radius 1 is 0.833 bits per heavy atom. The molecule has 1 heterocycles. The van der Waals surface area contributed by atoms with Crippen LogP contribution in [0.3, 0.4) is 0 Å². The van der Waals surface area contributed by atoms with Gasteiger partial charge in [-0.2, -0.15) is 0 Å². The summed E-state index contributed by atoms with van der Waals surface area (Å²) < 4.78 is 13.6. The Labute approximate surface area is 143 Å². The number of hydrogen-bond donors (Lipinski definition) is 2. The first-order valence-electron chi connectivity index (χ1n) is 7.30. The van der Waals surface area contributed by atoms with Gasteiger partial charge in [0.25, 0.3) is 0 Å². The molecular weight excluding hydrogens is 345 g/mol. The van der Waals surface area contributed by atoms with Crippen LogP contribution in [-0.4, -0.2) is 14.4 Å². The summed E-state index contributed by atoms with van der Waals surface area (Å²) in [5.74, 6) is 0. The molecule has 0 aliphatic heterocycles. The lowest BCUT2D eigenvalue weighted by Crippen LogP contribution is -2.06. The van der Waals surface area contributed by atoms with Gasteiger partial charge in [0.2, 0.25) is 0 Å². The van der Waals surface area contributed by atoms with Crippen LogP contribution in [0.25, 0.3) is 27.5 Å². The summed E-state index contributed by atoms with van der Waals surface area (Å²) in [5.41, 5.74) is 2.54. The summed E-state index contributed by atoms with van der Waals surface area (Å²) in [7, 11) is -4.32. The number of benzene rings is 3. The molecule has 1 aromatic heterocycles. The van der Waals surface area contributed by atoms with Gasteiger partial charge in [-0.05, 0) is 36.4 Å². The number of rotatable bonds is 2. The largest absolute Gasteiger partial charge is 0.356 e. The fourth-order valence-electron chi connectivity index (χ4n) is 3.04. The average Bonchev–Trinajstić information content (AvgIpc) is 2.87. The van der Waals surface area contributed by atoms with E-state index in [1.54, 1.807) is 6.07 Å². The second kappa shape index (κ2) is 5.47. The third-order valence-corrected chi connectivity index (χ3v) is 5.25. The fraction of sp³-hybridized carbons (Fsp3) is 0. The molecule has 0 saturated heterocycles. The van der Waals surface area contributed by atoms with Crippen LogP contribution >= 0.6 is 19.2 Å². The molecule has 0 unspecified atom stereocenters. The van der Waals surface area contributed by atoms with Crippen molar-refractivity contribution in [2.24, 2.45) is 0 Å². The van der Waals surface area contributed by atoms with Gasteiger partial charge in [0.15, 0.2) is 0 Å². The van der Waals surface area contributed by atoms with Gasteiger partial charge in [-0.1, -0.05) is 41.9 Å². The third-order valence-electron chi connectivity index (χ3n) is 4.06. The smallest absolute Gasteiger partial charge is 0.321 e. The molecule has 0 spiro atoms. The highest BCUT2D eigenvalue weighted by Gasteiger charge is 2.19. The topological polar surface area (TPSA) is 62.5 Å². The van der Waals surface area contributed by atoms with E-state index < -0.39 is 7.60 Å². The average molecular weight is 358 g/mol. The summed E-state index contributed by atoms with van der Waals surface area (Å²) in [6, 6.07) is 20.0. The maximum Gasteiger partial charge on any atom is 0.356 e. The van der Waals surface area contributed by atoms with E-state index in [1.807, 2.05) is 53.1 Å². The number of hydrogen-bond acceptors (Lipinski definition) is 1. The minimum Gasteiger partial charge on any atom is -0.321 e. The molecule has 0 atom stereocenters. The molecule has 2 N–H and O–H groups in total.